The number of anilines is 1. The van der Waals surface area contributed by atoms with Crippen molar-refractivity contribution in [2.75, 3.05) is 25.6 Å². The fraction of sp³-hybridized carbons (Fsp3) is 0.400. The summed E-state index contributed by atoms with van der Waals surface area (Å²) in [6.07, 6.45) is 1.26. The first-order valence-electron chi connectivity index (χ1n) is 8.42. The lowest BCUT2D eigenvalue weighted by Gasteiger charge is -2.13. The first-order valence-corrected chi connectivity index (χ1v) is 8.42. The number of hydrogen-bond acceptors (Lipinski definition) is 4. The molecular formula is C20H27NO3. The lowest BCUT2D eigenvalue weighted by Crippen LogP contribution is -2.09. The van der Waals surface area contributed by atoms with Crippen molar-refractivity contribution in [2.45, 2.75) is 32.9 Å². The van der Waals surface area contributed by atoms with Crippen LogP contribution in [0.5, 0.6) is 11.5 Å². The van der Waals surface area contributed by atoms with Gasteiger partial charge >= 0.3 is 0 Å². The molecule has 0 bridgehead atoms. The molecule has 2 aromatic rings. The molecule has 130 valence electrons. The van der Waals surface area contributed by atoms with E-state index in [1.807, 2.05) is 36.4 Å². The van der Waals surface area contributed by atoms with Gasteiger partial charge in [0.05, 0.1) is 12.7 Å². The number of nitrogens with one attached hydrogen (secondary N) is 1. The number of methoxy groups -OCH3 is 1. The van der Waals surface area contributed by atoms with Crippen LogP contribution in [0.4, 0.5) is 5.69 Å². The minimum atomic E-state index is 0.249. The fourth-order valence-corrected chi connectivity index (χ4v) is 2.12. The van der Waals surface area contributed by atoms with Gasteiger partial charge in [-0.1, -0.05) is 19.1 Å². The summed E-state index contributed by atoms with van der Waals surface area (Å²) in [6, 6.07) is 16.2. The van der Waals surface area contributed by atoms with E-state index in [2.05, 4.69) is 31.3 Å². The third-order valence-corrected chi connectivity index (χ3v) is 3.74. The van der Waals surface area contributed by atoms with Crippen molar-refractivity contribution in [3.05, 3.63) is 54.1 Å². The molecular weight excluding hydrogens is 302 g/mol. The Bertz CT molecular complexity index is 581. The zero-order valence-electron chi connectivity index (χ0n) is 14.7. The van der Waals surface area contributed by atoms with E-state index < -0.39 is 0 Å². The number of hydrogen-bond donors (Lipinski definition) is 1. The maximum absolute atomic E-state index is 5.79. The van der Waals surface area contributed by atoms with Gasteiger partial charge in [0.25, 0.3) is 0 Å². The second-order valence-electron chi connectivity index (χ2n) is 5.70. The molecule has 0 heterocycles. The zero-order chi connectivity index (χ0) is 17.2. The predicted octanol–water partition coefficient (Wildman–Crippen LogP) is 4.50. The molecule has 0 saturated heterocycles. The van der Waals surface area contributed by atoms with Gasteiger partial charge in [0.1, 0.15) is 18.1 Å². The largest absolute Gasteiger partial charge is 0.491 e. The van der Waals surface area contributed by atoms with Crippen molar-refractivity contribution < 1.29 is 14.2 Å². The lowest BCUT2D eigenvalue weighted by atomic mass is 10.2. The van der Waals surface area contributed by atoms with E-state index in [0.29, 0.717) is 13.2 Å². The van der Waals surface area contributed by atoms with Crippen LogP contribution in [-0.4, -0.2) is 26.4 Å². The Hall–Kier alpha value is -2.20. The van der Waals surface area contributed by atoms with Crippen molar-refractivity contribution in [1.29, 1.82) is 0 Å². The van der Waals surface area contributed by atoms with Crippen LogP contribution < -0.4 is 14.8 Å². The number of ether oxygens (including phenoxy) is 3. The Morgan fingerprint density at radius 2 is 1.58 bits per heavy atom. The van der Waals surface area contributed by atoms with Crippen molar-refractivity contribution in [1.82, 2.24) is 0 Å². The Morgan fingerprint density at radius 1 is 0.917 bits per heavy atom. The Kier molecular flexibility index (Phi) is 7.43. The monoisotopic (exact) mass is 329 g/mol. The van der Waals surface area contributed by atoms with E-state index >= 15 is 0 Å². The van der Waals surface area contributed by atoms with Crippen LogP contribution in [0.15, 0.2) is 48.5 Å². The highest BCUT2D eigenvalue weighted by Gasteiger charge is 2.01. The molecule has 0 amide bonds. The van der Waals surface area contributed by atoms with Gasteiger partial charge in [-0.25, -0.2) is 0 Å². The van der Waals surface area contributed by atoms with Crippen LogP contribution in [0.3, 0.4) is 0 Å². The average Bonchev–Trinajstić information content (AvgIpc) is 2.62. The van der Waals surface area contributed by atoms with Gasteiger partial charge in [-0.3, -0.25) is 0 Å². The van der Waals surface area contributed by atoms with Gasteiger partial charge in [0.15, 0.2) is 0 Å². The van der Waals surface area contributed by atoms with Gasteiger partial charge in [-0.15, -0.1) is 0 Å². The second kappa shape index (κ2) is 9.83. The molecule has 1 unspecified atom stereocenters. The standard InChI is InChI=1S/C20H27NO3/c1-4-16(2)24-20-9-5-17(6-10-20)15-21-18-7-11-19(12-8-18)23-14-13-22-3/h5-12,16,21H,4,13-15H2,1-3H3. The minimum Gasteiger partial charge on any atom is -0.491 e. The first-order chi connectivity index (χ1) is 11.7. The van der Waals surface area contributed by atoms with Gasteiger partial charge in [0.2, 0.25) is 0 Å². The SMILES string of the molecule is CCC(C)Oc1ccc(CNc2ccc(OCCOC)cc2)cc1. The minimum absolute atomic E-state index is 0.249. The highest BCUT2D eigenvalue weighted by atomic mass is 16.5. The normalized spacial score (nSPS) is 11.8. The average molecular weight is 329 g/mol. The Labute approximate surface area is 144 Å². The number of rotatable bonds is 10. The van der Waals surface area contributed by atoms with Crippen molar-refractivity contribution in [2.24, 2.45) is 0 Å². The summed E-state index contributed by atoms with van der Waals surface area (Å²) in [5.41, 5.74) is 2.28. The Balaban J connectivity index is 1.80. The maximum atomic E-state index is 5.79. The third kappa shape index (κ3) is 6.13. The van der Waals surface area contributed by atoms with Crippen LogP contribution >= 0.6 is 0 Å². The molecule has 1 atom stereocenters. The zero-order valence-corrected chi connectivity index (χ0v) is 14.7. The van der Waals surface area contributed by atoms with Gasteiger partial charge in [0, 0.05) is 19.3 Å². The second-order valence-corrected chi connectivity index (χ2v) is 5.70. The molecule has 0 fully saturated rings. The van der Waals surface area contributed by atoms with Crippen molar-refractivity contribution in [3.63, 3.8) is 0 Å². The summed E-state index contributed by atoms with van der Waals surface area (Å²) < 4.78 is 16.3. The van der Waals surface area contributed by atoms with Crippen LogP contribution in [0.2, 0.25) is 0 Å². The molecule has 24 heavy (non-hydrogen) atoms. The molecule has 0 aromatic heterocycles. The molecule has 1 N–H and O–H groups in total. The van der Waals surface area contributed by atoms with E-state index in [9.17, 15) is 0 Å². The number of benzene rings is 2. The van der Waals surface area contributed by atoms with E-state index in [4.69, 9.17) is 14.2 Å². The summed E-state index contributed by atoms with van der Waals surface area (Å²) in [4.78, 5) is 0. The molecule has 4 nitrogen and oxygen atoms in total. The molecule has 0 aliphatic carbocycles. The summed E-state index contributed by atoms with van der Waals surface area (Å²) in [5, 5.41) is 3.41. The predicted molar refractivity (Wildman–Crippen MR) is 98.0 cm³/mol. The molecule has 0 aliphatic rings. The Morgan fingerprint density at radius 3 is 2.21 bits per heavy atom. The summed E-state index contributed by atoms with van der Waals surface area (Å²) in [7, 11) is 1.67. The first kappa shape index (κ1) is 18.1. The molecule has 0 aliphatic heterocycles. The molecule has 2 rings (SSSR count). The van der Waals surface area contributed by atoms with Gasteiger partial charge in [-0.2, -0.15) is 0 Å². The van der Waals surface area contributed by atoms with Crippen LogP contribution in [0.1, 0.15) is 25.8 Å². The van der Waals surface area contributed by atoms with Crippen molar-refractivity contribution in [3.8, 4) is 11.5 Å². The maximum Gasteiger partial charge on any atom is 0.119 e. The van der Waals surface area contributed by atoms with Crippen LogP contribution in [0.25, 0.3) is 0 Å². The summed E-state index contributed by atoms with van der Waals surface area (Å²) in [6.45, 7) is 6.13. The van der Waals surface area contributed by atoms with Crippen LogP contribution in [-0.2, 0) is 11.3 Å². The van der Waals surface area contributed by atoms with Gasteiger partial charge < -0.3 is 19.5 Å². The molecule has 2 aromatic carbocycles. The van der Waals surface area contributed by atoms with E-state index in [-0.39, 0.29) is 6.10 Å². The lowest BCUT2D eigenvalue weighted by molar-refractivity contribution is 0.146. The fourth-order valence-electron chi connectivity index (χ4n) is 2.12. The smallest absolute Gasteiger partial charge is 0.119 e. The quantitative estimate of drug-likeness (QED) is 0.651. The van der Waals surface area contributed by atoms with E-state index in [1.54, 1.807) is 7.11 Å². The summed E-state index contributed by atoms with van der Waals surface area (Å²) in [5.74, 6) is 1.77. The molecule has 0 radical (unpaired) electrons. The van der Waals surface area contributed by atoms with E-state index in [0.717, 1.165) is 30.2 Å². The van der Waals surface area contributed by atoms with Gasteiger partial charge in [-0.05, 0) is 55.3 Å². The summed E-state index contributed by atoms with van der Waals surface area (Å²) >= 11 is 0. The topological polar surface area (TPSA) is 39.7 Å². The molecule has 0 saturated carbocycles. The van der Waals surface area contributed by atoms with Crippen LogP contribution in [0, 0.1) is 0 Å². The molecule has 0 spiro atoms. The highest BCUT2D eigenvalue weighted by Crippen LogP contribution is 2.18. The third-order valence-electron chi connectivity index (χ3n) is 3.74. The van der Waals surface area contributed by atoms with Crippen molar-refractivity contribution >= 4 is 5.69 Å². The highest BCUT2D eigenvalue weighted by molar-refractivity contribution is 5.47. The molecule has 4 heteroatoms. The van der Waals surface area contributed by atoms with E-state index in [1.165, 1.54) is 5.56 Å².